The molecule has 0 aliphatic rings. The third-order valence-electron chi connectivity index (χ3n) is 3.35. The third kappa shape index (κ3) is 4.86. The number of aliphatic carboxylic acids is 1. The number of carbonyl (C=O) groups is 2. The van der Waals surface area contributed by atoms with Gasteiger partial charge >= 0.3 is 5.97 Å². The van der Waals surface area contributed by atoms with Crippen LogP contribution in [0.3, 0.4) is 0 Å². The number of rotatable bonds is 7. The fourth-order valence-electron chi connectivity index (χ4n) is 2.46. The zero-order valence-electron chi connectivity index (χ0n) is 13.0. The van der Waals surface area contributed by atoms with E-state index in [2.05, 4.69) is 5.32 Å². The number of nitrogens with one attached hydrogen (secondary N) is 1. The number of aryl methyl sites for hydroxylation is 3. The van der Waals surface area contributed by atoms with Crippen molar-refractivity contribution in [1.82, 2.24) is 5.32 Å². The average Bonchev–Trinajstić information content (AvgIpc) is 2.36. The second-order valence-corrected chi connectivity index (χ2v) is 5.27. The van der Waals surface area contributed by atoms with Crippen LogP contribution in [-0.2, 0) is 9.53 Å². The van der Waals surface area contributed by atoms with Crippen molar-refractivity contribution in [2.45, 2.75) is 39.7 Å². The molecule has 0 spiro atoms. The normalized spacial score (nSPS) is 12.0. The topological polar surface area (TPSA) is 75.6 Å². The molecule has 1 aromatic rings. The largest absolute Gasteiger partial charge is 0.480 e. The number of amides is 1. The Balaban J connectivity index is 2.85. The van der Waals surface area contributed by atoms with E-state index in [1.807, 2.05) is 32.9 Å². The average molecular weight is 293 g/mol. The van der Waals surface area contributed by atoms with Crippen LogP contribution < -0.4 is 5.32 Å². The quantitative estimate of drug-likeness (QED) is 0.756. The Labute approximate surface area is 125 Å². The van der Waals surface area contributed by atoms with E-state index >= 15 is 0 Å². The van der Waals surface area contributed by atoms with Crippen LogP contribution in [0.1, 0.15) is 39.9 Å². The smallest absolute Gasteiger partial charge is 0.326 e. The van der Waals surface area contributed by atoms with Gasteiger partial charge in [-0.3, -0.25) is 4.79 Å². The molecule has 0 bridgehead atoms. The number of hydrogen-bond donors (Lipinski definition) is 2. The van der Waals surface area contributed by atoms with Crippen LogP contribution in [0.15, 0.2) is 12.1 Å². The van der Waals surface area contributed by atoms with Gasteiger partial charge in [-0.2, -0.15) is 0 Å². The van der Waals surface area contributed by atoms with Crippen LogP contribution >= 0.6 is 0 Å². The van der Waals surface area contributed by atoms with Gasteiger partial charge in [0.15, 0.2) is 0 Å². The molecule has 21 heavy (non-hydrogen) atoms. The number of benzene rings is 1. The van der Waals surface area contributed by atoms with Gasteiger partial charge in [0.1, 0.15) is 6.04 Å². The Hall–Kier alpha value is -1.88. The first kappa shape index (κ1) is 17.2. The van der Waals surface area contributed by atoms with E-state index in [0.717, 1.165) is 16.7 Å². The van der Waals surface area contributed by atoms with Gasteiger partial charge < -0.3 is 15.2 Å². The summed E-state index contributed by atoms with van der Waals surface area (Å²) in [6.45, 7) is 6.15. The maximum absolute atomic E-state index is 12.3. The molecule has 116 valence electrons. The van der Waals surface area contributed by atoms with Gasteiger partial charge in [0.2, 0.25) is 0 Å². The Bertz CT molecular complexity index is 502. The van der Waals surface area contributed by atoms with Crippen LogP contribution in [-0.4, -0.2) is 36.7 Å². The lowest BCUT2D eigenvalue weighted by Crippen LogP contribution is -2.41. The lowest BCUT2D eigenvalue weighted by atomic mass is 9.98. The molecule has 0 saturated heterocycles. The predicted octanol–water partition coefficient (Wildman–Crippen LogP) is 2.22. The summed E-state index contributed by atoms with van der Waals surface area (Å²) < 4.78 is 4.91. The van der Waals surface area contributed by atoms with Crippen molar-refractivity contribution in [3.63, 3.8) is 0 Å². The Morgan fingerprint density at radius 1 is 1.24 bits per heavy atom. The lowest BCUT2D eigenvalue weighted by molar-refractivity contribution is -0.139. The van der Waals surface area contributed by atoms with Gasteiger partial charge in [-0.25, -0.2) is 4.79 Å². The standard InChI is InChI=1S/C16H23NO4/c1-10-8-11(2)14(12(3)9-10)15(18)17-13(16(19)20)6-5-7-21-4/h8-9,13H,5-7H2,1-4H3,(H,17,18)(H,19,20). The number of carboxylic acid groups (broad SMARTS) is 1. The molecule has 0 saturated carbocycles. The van der Waals surface area contributed by atoms with E-state index in [0.29, 0.717) is 25.0 Å². The minimum absolute atomic E-state index is 0.338. The summed E-state index contributed by atoms with van der Waals surface area (Å²) in [5.41, 5.74) is 3.34. The van der Waals surface area contributed by atoms with E-state index < -0.39 is 12.0 Å². The second-order valence-electron chi connectivity index (χ2n) is 5.27. The first-order valence-electron chi connectivity index (χ1n) is 6.97. The van der Waals surface area contributed by atoms with Crippen molar-refractivity contribution in [3.8, 4) is 0 Å². The SMILES string of the molecule is COCCCC(NC(=O)c1c(C)cc(C)cc1C)C(=O)O. The summed E-state index contributed by atoms with van der Waals surface area (Å²) in [5.74, 6) is -1.36. The van der Waals surface area contributed by atoms with Gasteiger partial charge in [-0.15, -0.1) is 0 Å². The number of methoxy groups -OCH3 is 1. The number of carboxylic acids is 1. The van der Waals surface area contributed by atoms with Gasteiger partial charge in [-0.05, 0) is 44.7 Å². The first-order valence-corrected chi connectivity index (χ1v) is 6.97. The summed E-state index contributed by atoms with van der Waals surface area (Å²) in [4.78, 5) is 23.6. The van der Waals surface area contributed by atoms with Crippen molar-refractivity contribution in [2.75, 3.05) is 13.7 Å². The Morgan fingerprint density at radius 3 is 2.29 bits per heavy atom. The van der Waals surface area contributed by atoms with E-state index in [9.17, 15) is 14.7 Å². The second kappa shape index (κ2) is 7.78. The zero-order chi connectivity index (χ0) is 16.0. The van der Waals surface area contributed by atoms with Crippen LogP contribution in [0.5, 0.6) is 0 Å². The highest BCUT2D eigenvalue weighted by atomic mass is 16.5. The van der Waals surface area contributed by atoms with Crippen molar-refractivity contribution in [3.05, 3.63) is 34.4 Å². The third-order valence-corrected chi connectivity index (χ3v) is 3.35. The highest BCUT2D eigenvalue weighted by Crippen LogP contribution is 2.16. The van der Waals surface area contributed by atoms with Crippen LogP contribution in [0.2, 0.25) is 0 Å². The van der Waals surface area contributed by atoms with Crippen molar-refractivity contribution < 1.29 is 19.4 Å². The molecule has 1 aromatic carbocycles. The first-order chi connectivity index (χ1) is 9.86. The lowest BCUT2D eigenvalue weighted by Gasteiger charge is -2.17. The van der Waals surface area contributed by atoms with Gasteiger partial charge in [0.05, 0.1) is 0 Å². The van der Waals surface area contributed by atoms with E-state index in [1.54, 1.807) is 7.11 Å². The molecule has 1 amide bonds. The summed E-state index contributed by atoms with van der Waals surface area (Å²) in [5, 5.41) is 11.8. The van der Waals surface area contributed by atoms with Crippen molar-refractivity contribution in [1.29, 1.82) is 0 Å². The molecule has 2 N–H and O–H groups in total. The monoisotopic (exact) mass is 293 g/mol. The maximum atomic E-state index is 12.3. The summed E-state index contributed by atoms with van der Waals surface area (Å²) in [6.07, 6.45) is 0.929. The number of ether oxygens (including phenoxy) is 1. The maximum Gasteiger partial charge on any atom is 0.326 e. The molecule has 1 rings (SSSR count). The van der Waals surface area contributed by atoms with E-state index in [-0.39, 0.29) is 5.91 Å². The van der Waals surface area contributed by atoms with E-state index in [1.165, 1.54) is 0 Å². The van der Waals surface area contributed by atoms with Crippen LogP contribution in [0.25, 0.3) is 0 Å². The van der Waals surface area contributed by atoms with Crippen molar-refractivity contribution >= 4 is 11.9 Å². The number of carbonyl (C=O) groups excluding carboxylic acids is 1. The highest BCUT2D eigenvalue weighted by Gasteiger charge is 2.22. The Kier molecular flexibility index (Phi) is 6.37. The molecular formula is C16H23NO4. The summed E-state index contributed by atoms with van der Waals surface area (Å²) >= 11 is 0. The number of hydrogen-bond acceptors (Lipinski definition) is 3. The van der Waals surface area contributed by atoms with Gasteiger partial charge in [-0.1, -0.05) is 17.7 Å². The molecule has 5 heteroatoms. The zero-order valence-corrected chi connectivity index (χ0v) is 13.0. The molecule has 0 aliphatic heterocycles. The minimum atomic E-state index is -1.03. The predicted molar refractivity (Wildman–Crippen MR) is 80.7 cm³/mol. The van der Waals surface area contributed by atoms with E-state index in [4.69, 9.17) is 4.74 Å². The minimum Gasteiger partial charge on any atom is -0.480 e. The Morgan fingerprint density at radius 2 is 1.81 bits per heavy atom. The van der Waals surface area contributed by atoms with Gasteiger partial charge in [0.25, 0.3) is 5.91 Å². The molecule has 1 atom stereocenters. The van der Waals surface area contributed by atoms with Crippen LogP contribution in [0.4, 0.5) is 0 Å². The van der Waals surface area contributed by atoms with Crippen LogP contribution in [0, 0.1) is 20.8 Å². The molecule has 0 heterocycles. The van der Waals surface area contributed by atoms with Crippen molar-refractivity contribution in [2.24, 2.45) is 0 Å². The fraction of sp³-hybridized carbons (Fsp3) is 0.500. The molecule has 5 nitrogen and oxygen atoms in total. The molecule has 1 unspecified atom stereocenters. The summed E-state index contributed by atoms with van der Waals surface area (Å²) in [7, 11) is 1.56. The molecule has 0 aromatic heterocycles. The highest BCUT2D eigenvalue weighted by molar-refractivity contribution is 5.99. The molecule has 0 radical (unpaired) electrons. The fourth-order valence-corrected chi connectivity index (χ4v) is 2.46. The molecule has 0 aliphatic carbocycles. The molecular weight excluding hydrogens is 270 g/mol. The van der Waals surface area contributed by atoms with Gasteiger partial charge in [0, 0.05) is 19.3 Å². The summed E-state index contributed by atoms with van der Waals surface area (Å²) in [6, 6.07) is 2.94. The molecule has 0 fully saturated rings.